The van der Waals surface area contributed by atoms with E-state index in [0.717, 1.165) is 40.0 Å². The van der Waals surface area contributed by atoms with Crippen molar-refractivity contribution in [3.8, 4) is 0 Å². The molecule has 0 saturated carbocycles. The number of anilines is 1. The molecule has 0 N–H and O–H groups in total. The maximum atomic E-state index is 11.5. The van der Waals surface area contributed by atoms with Gasteiger partial charge in [0.25, 0.3) is 0 Å². The number of hydrogen-bond acceptors (Lipinski definition) is 5. The van der Waals surface area contributed by atoms with Crippen LogP contribution in [0.1, 0.15) is 43.3 Å². The number of piperidine rings is 1. The van der Waals surface area contributed by atoms with Crippen LogP contribution in [0.4, 0.5) is 5.82 Å². The van der Waals surface area contributed by atoms with E-state index >= 15 is 0 Å². The standard InChI is InChI=1S/C19H25N3OS/c1-13(23)16-10-14-4-5-17(20-18(14)24-16)21-8-6-15(7-9-21)22-11-19(2,3)12-22/h4-5,10,15H,6-9,11-12H2,1-3H3. The molecule has 4 heterocycles. The smallest absolute Gasteiger partial charge is 0.169 e. The van der Waals surface area contributed by atoms with Crippen molar-refractivity contribution in [3.05, 3.63) is 23.1 Å². The maximum Gasteiger partial charge on any atom is 0.169 e. The molecule has 0 bridgehead atoms. The largest absolute Gasteiger partial charge is 0.356 e. The van der Waals surface area contributed by atoms with E-state index in [-0.39, 0.29) is 5.78 Å². The highest BCUT2D eigenvalue weighted by molar-refractivity contribution is 7.20. The fourth-order valence-corrected chi connectivity index (χ4v) is 4.95. The Morgan fingerprint density at radius 1 is 1.25 bits per heavy atom. The second-order valence-corrected chi connectivity index (χ2v) is 9.05. The molecule has 2 aromatic heterocycles. The Hall–Kier alpha value is -1.46. The van der Waals surface area contributed by atoms with Gasteiger partial charge in [-0.2, -0.15) is 0 Å². The number of rotatable bonds is 3. The van der Waals surface area contributed by atoms with Gasteiger partial charge >= 0.3 is 0 Å². The van der Waals surface area contributed by atoms with E-state index in [0.29, 0.717) is 5.41 Å². The summed E-state index contributed by atoms with van der Waals surface area (Å²) < 4.78 is 0. The van der Waals surface area contributed by atoms with Crippen molar-refractivity contribution in [2.45, 2.75) is 39.7 Å². The van der Waals surface area contributed by atoms with Crippen LogP contribution >= 0.6 is 11.3 Å². The topological polar surface area (TPSA) is 36.4 Å². The Bertz CT molecular complexity index is 766. The Kier molecular flexibility index (Phi) is 3.88. The van der Waals surface area contributed by atoms with Crippen molar-refractivity contribution in [2.75, 3.05) is 31.1 Å². The highest BCUT2D eigenvalue weighted by Gasteiger charge is 2.39. The second-order valence-electron chi connectivity index (χ2n) is 8.02. The van der Waals surface area contributed by atoms with Crippen LogP contribution < -0.4 is 4.90 Å². The minimum atomic E-state index is 0.123. The molecule has 2 fully saturated rings. The van der Waals surface area contributed by atoms with Gasteiger partial charge < -0.3 is 4.90 Å². The van der Waals surface area contributed by atoms with Gasteiger partial charge in [-0.25, -0.2) is 4.98 Å². The van der Waals surface area contributed by atoms with Gasteiger partial charge in [0.2, 0.25) is 0 Å². The van der Waals surface area contributed by atoms with Crippen LogP contribution in [0.25, 0.3) is 10.2 Å². The third-order valence-electron chi connectivity index (χ3n) is 5.28. The average Bonchev–Trinajstić information content (AvgIpc) is 2.96. The SMILES string of the molecule is CC(=O)c1cc2ccc(N3CCC(N4CC(C)(C)C4)CC3)nc2s1. The number of nitrogens with zero attached hydrogens (tertiary/aromatic N) is 3. The Morgan fingerprint density at radius 2 is 1.96 bits per heavy atom. The molecule has 2 aliphatic rings. The third-order valence-corrected chi connectivity index (χ3v) is 6.43. The van der Waals surface area contributed by atoms with Crippen LogP contribution in [-0.2, 0) is 0 Å². The molecular weight excluding hydrogens is 318 g/mol. The molecule has 0 atom stereocenters. The van der Waals surface area contributed by atoms with Crippen LogP contribution in [0, 0.1) is 5.41 Å². The summed E-state index contributed by atoms with van der Waals surface area (Å²) in [5.74, 6) is 1.18. The van der Waals surface area contributed by atoms with Gasteiger partial charge in [-0.15, -0.1) is 11.3 Å². The predicted octanol–water partition coefficient (Wildman–Crippen LogP) is 3.81. The van der Waals surface area contributed by atoms with Gasteiger partial charge in [0, 0.05) is 37.6 Å². The summed E-state index contributed by atoms with van der Waals surface area (Å²) in [6.45, 7) is 11.0. The van der Waals surface area contributed by atoms with Gasteiger partial charge in [-0.3, -0.25) is 9.69 Å². The molecule has 2 aliphatic heterocycles. The minimum Gasteiger partial charge on any atom is -0.356 e. The molecule has 0 unspecified atom stereocenters. The second kappa shape index (κ2) is 5.81. The van der Waals surface area contributed by atoms with Crippen LogP contribution in [0.15, 0.2) is 18.2 Å². The number of Topliss-reactive ketones (excluding diaryl/α,β-unsaturated/α-hetero) is 1. The number of thiophene rings is 1. The van der Waals surface area contributed by atoms with Crippen LogP contribution in [0.3, 0.4) is 0 Å². The highest BCUT2D eigenvalue weighted by atomic mass is 32.1. The molecule has 0 aromatic carbocycles. The normalized spacial score (nSPS) is 21.9. The van der Waals surface area contributed by atoms with Gasteiger partial charge in [0.05, 0.1) is 4.88 Å². The molecule has 2 aromatic rings. The summed E-state index contributed by atoms with van der Waals surface area (Å²) >= 11 is 1.51. The lowest BCUT2D eigenvalue weighted by atomic mass is 9.82. The number of pyridine rings is 1. The van der Waals surface area contributed by atoms with Gasteiger partial charge in [0.1, 0.15) is 10.6 Å². The van der Waals surface area contributed by atoms with E-state index in [2.05, 4.69) is 35.8 Å². The van der Waals surface area contributed by atoms with E-state index in [1.165, 1.54) is 37.3 Å². The molecule has 4 nitrogen and oxygen atoms in total. The van der Waals surface area contributed by atoms with Crippen molar-refractivity contribution in [3.63, 3.8) is 0 Å². The first-order valence-electron chi connectivity index (χ1n) is 8.82. The van der Waals surface area contributed by atoms with Crippen LogP contribution in [0.5, 0.6) is 0 Å². The van der Waals surface area contributed by atoms with Crippen molar-refractivity contribution in [2.24, 2.45) is 5.41 Å². The van der Waals surface area contributed by atoms with Crippen LogP contribution in [0.2, 0.25) is 0 Å². The van der Waals surface area contributed by atoms with E-state index in [1.54, 1.807) is 6.92 Å². The zero-order valence-electron chi connectivity index (χ0n) is 14.7. The average molecular weight is 343 g/mol. The summed E-state index contributed by atoms with van der Waals surface area (Å²) in [5.41, 5.74) is 0.511. The number of carbonyl (C=O) groups excluding carboxylic acids is 1. The Morgan fingerprint density at radius 3 is 2.58 bits per heavy atom. The van der Waals surface area contributed by atoms with E-state index < -0.39 is 0 Å². The number of aromatic nitrogens is 1. The fourth-order valence-electron chi connectivity index (χ4n) is 4.03. The zero-order chi connectivity index (χ0) is 16.9. The first kappa shape index (κ1) is 16.0. The first-order chi connectivity index (χ1) is 11.4. The van der Waals surface area contributed by atoms with E-state index in [9.17, 15) is 4.79 Å². The van der Waals surface area contributed by atoms with Gasteiger partial charge in [-0.05, 0) is 43.4 Å². The van der Waals surface area contributed by atoms with Crippen molar-refractivity contribution >= 4 is 33.2 Å². The minimum absolute atomic E-state index is 0.123. The fraction of sp³-hybridized carbons (Fsp3) is 0.579. The molecule has 0 amide bonds. The number of ketones is 1. The molecule has 0 radical (unpaired) electrons. The zero-order valence-corrected chi connectivity index (χ0v) is 15.5. The highest BCUT2D eigenvalue weighted by Crippen LogP contribution is 2.34. The summed E-state index contributed by atoms with van der Waals surface area (Å²) in [5, 5.41) is 1.08. The van der Waals surface area contributed by atoms with Crippen molar-refractivity contribution in [1.82, 2.24) is 9.88 Å². The molecular formula is C19H25N3OS. The quantitative estimate of drug-likeness (QED) is 0.794. The Labute approximate surface area is 147 Å². The molecule has 128 valence electrons. The molecule has 0 aliphatic carbocycles. The number of fused-ring (bicyclic) bond motifs is 1. The molecule has 0 spiro atoms. The summed E-state index contributed by atoms with van der Waals surface area (Å²) in [4.78, 5) is 23.2. The third kappa shape index (κ3) is 2.95. The maximum absolute atomic E-state index is 11.5. The number of carbonyl (C=O) groups is 1. The lowest BCUT2D eigenvalue weighted by molar-refractivity contribution is -0.0135. The Balaban J connectivity index is 1.43. The number of hydrogen-bond donors (Lipinski definition) is 0. The monoisotopic (exact) mass is 343 g/mol. The molecule has 4 rings (SSSR count). The van der Waals surface area contributed by atoms with Crippen molar-refractivity contribution in [1.29, 1.82) is 0 Å². The summed E-state index contributed by atoms with van der Waals surface area (Å²) in [7, 11) is 0. The summed E-state index contributed by atoms with van der Waals surface area (Å²) in [6, 6.07) is 6.90. The predicted molar refractivity (Wildman–Crippen MR) is 100 cm³/mol. The molecule has 5 heteroatoms. The first-order valence-corrected chi connectivity index (χ1v) is 9.63. The summed E-state index contributed by atoms with van der Waals surface area (Å²) in [6.07, 6.45) is 2.44. The van der Waals surface area contributed by atoms with E-state index in [4.69, 9.17) is 4.98 Å². The van der Waals surface area contributed by atoms with E-state index in [1.807, 2.05) is 6.07 Å². The molecule has 24 heavy (non-hydrogen) atoms. The van der Waals surface area contributed by atoms with Gasteiger partial charge in [-0.1, -0.05) is 13.8 Å². The van der Waals surface area contributed by atoms with Gasteiger partial charge in [0.15, 0.2) is 5.78 Å². The van der Waals surface area contributed by atoms with Crippen LogP contribution in [-0.4, -0.2) is 47.9 Å². The molecule has 2 saturated heterocycles. The van der Waals surface area contributed by atoms with Crippen molar-refractivity contribution < 1.29 is 4.79 Å². The lowest BCUT2D eigenvalue weighted by Gasteiger charge is -2.51. The number of likely N-dealkylation sites (tertiary alicyclic amines) is 1. The lowest BCUT2D eigenvalue weighted by Crippen LogP contribution is -2.59.